The zero-order chi connectivity index (χ0) is 18.0. The molecule has 148 valence electrons. The van der Waals surface area contributed by atoms with Gasteiger partial charge in [-0.1, -0.05) is 38.5 Å². The van der Waals surface area contributed by atoms with Gasteiger partial charge in [0.2, 0.25) is 0 Å². The summed E-state index contributed by atoms with van der Waals surface area (Å²) < 4.78 is 23.4. The average molecular weight is 373 g/mol. The highest BCUT2D eigenvalue weighted by Crippen LogP contribution is 2.41. The van der Waals surface area contributed by atoms with Gasteiger partial charge in [0.25, 0.3) is 0 Å². The van der Waals surface area contributed by atoms with Crippen molar-refractivity contribution < 1.29 is 18.0 Å². The third kappa shape index (κ3) is 7.67. The summed E-state index contributed by atoms with van der Waals surface area (Å²) >= 11 is 0. The summed E-state index contributed by atoms with van der Waals surface area (Å²) in [4.78, 5) is 0. The third-order valence-electron chi connectivity index (χ3n) is 5.55. The second kappa shape index (κ2) is 11.7. The van der Waals surface area contributed by atoms with E-state index in [1.54, 1.807) is 0 Å². The number of epoxide rings is 1. The topological polar surface area (TPSA) is 40.2 Å². The van der Waals surface area contributed by atoms with Crippen LogP contribution in [0.1, 0.15) is 85.0 Å². The fraction of sp³-hybridized carbons (Fsp3) is 1.00. The molecule has 0 radical (unpaired) electrons. The Morgan fingerprint density at radius 1 is 0.760 bits per heavy atom. The first-order valence-corrected chi connectivity index (χ1v) is 12.7. The van der Waals surface area contributed by atoms with E-state index in [4.69, 9.17) is 18.0 Å². The Morgan fingerprint density at radius 3 is 1.96 bits per heavy atom. The van der Waals surface area contributed by atoms with E-state index < -0.39 is 8.80 Å². The largest absolute Gasteiger partial charge is 0.500 e. The maximum atomic E-state index is 5.92. The van der Waals surface area contributed by atoms with Crippen molar-refractivity contribution >= 4 is 8.80 Å². The molecule has 0 N–H and O–H groups in total. The lowest BCUT2D eigenvalue weighted by Crippen LogP contribution is -2.45. The number of hydrogen-bond donors (Lipinski definition) is 0. The molecule has 1 aliphatic heterocycles. The zero-order valence-corrected chi connectivity index (χ0v) is 17.8. The highest BCUT2D eigenvalue weighted by Gasteiger charge is 2.43. The molecule has 0 bridgehead atoms. The molecule has 2 aliphatic rings. The molecule has 1 saturated heterocycles. The summed E-state index contributed by atoms with van der Waals surface area (Å²) in [5.41, 5.74) is 0. The van der Waals surface area contributed by atoms with Gasteiger partial charge in [0.1, 0.15) is 0 Å². The second-order valence-corrected chi connectivity index (χ2v) is 10.3. The summed E-state index contributed by atoms with van der Waals surface area (Å²) in [7, 11) is -2.41. The SMILES string of the molecule is CCO[Si](CCCCCCCCC1CCC2OC2C1)(OCC)OCC. The van der Waals surface area contributed by atoms with Crippen LogP contribution >= 0.6 is 0 Å². The van der Waals surface area contributed by atoms with Gasteiger partial charge in [-0.05, 0) is 52.4 Å². The first-order valence-electron chi connectivity index (χ1n) is 10.8. The Bertz CT molecular complexity index is 336. The normalized spacial score (nSPS) is 25.8. The van der Waals surface area contributed by atoms with E-state index in [1.165, 1.54) is 57.8 Å². The Morgan fingerprint density at radius 2 is 1.36 bits per heavy atom. The molecule has 3 unspecified atom stereocenters. The Kier molecular flexibility index (Phi) is 10.00. The summed E-state index contributed by atoms with van der Waals surface area (Å²) in [6.07, 6.45) is 14.7. The summed E-state index contributed by atoms with van der Waals surface area (Å²) in [5.74, 6) is 0.943. The molecule has 0 aromatic heterocycles. The van der Waals surface area contributed by atoms with Gasteiger partial charge in [-0.3, -0.25) is 0 Å². The molecule has 3 atom stereocenters. The van der Waals surface area contributed by atoms with Crippen molar-refractivity contribution in [3.05, 3.63) is 0 Å². The highest BCUT2D eigenvalue weighted by atomic mass is 28.4. The van der Waals surface area contributed by atoms with Gasteiger partial charge in [0.05, 0.1) is 12.2 Å². The molecule has 1 saturated carbocycles. The Hall–Kier alpha value is 0.0569. The maximum absolute atomic E-state index is 5.92. The Balaban J connectivity index is 1.48. The molecule has 2 fully saturated rings. The molecule has 1 heterocycles. The minimum absolute atomic E-state index is 0.643. The van der Waals surface area contributed by atoms with Crippen molar-refractivity contribution in [2.75, 3.05) is 19.8 Å². The van der Waals surface area contributed by atoms with Crippen molar-refractivity contribution in [2.45, 2.75) is 103 Å². The standard InChI is InChI=1S/C20H40O4Si/c1-4-21-25(22-5-2,23-6-3)16-12-10-8-7-9-11-13-18-14-15-19-20(17-18)24-19/h18-20H,4-17H2,1-3H3. The lowest BCUT2D eigenvalue weighted by atomic mass is 9.85. The van der Waals surface area contributed by atoms with E-state index in [0.717, 1.165) is 18.4 Å². The van der Waals surface area contributed by atoms with Crippen LogP contribution in [0.3, 0.4) is 0 Å². The van der Waals surface area contributed by atoms with Crippen LogP contribution in [0, 0.1) is 5.92 Å². The first-order chi connectivity index (χ1) is 12.2. The van der Waals surface area contributed by atoms with Crippen molar-refractivity contribution in [2.24, 2.45) is 5.92 Å². The summed E-state index contributed by atoms with van der Waals surface area (Å²) in [6.45, 7) is 8.13. The van der Waals surface area contributed by atoms with E-state index >= 15 is 0 Å². The third-order valence-corrected chi connectivity index (χ3v) is 8.70. The molecule has 0 spiro atoms. The van der Waals surface area contributed by atoms with E-state index in [-0.39, 0.29) is 0 Å². The van der Waals surface area contributed by atoms with Gasteiger partial charge in [0, 0.05) is 25.9 Å². The van der Waals surface area contributed by atoms with E-state index in [1.807, 2.05) is 20.8 Å². The number of unbranched alkanes of at least 4 members (excludes halogenated alkanes) is 5. The van der Waals surface area contributed by atoms with E-state index in [9.17, 15) is 0 Å². The highest BCUT2D eigenvalue weighted by molar-refractivity contribution is 6.60. The molecule has 1 aliphatic carbocycles. The molecular formula is C20H40O4Si. The van der Waals surface area contributed by atoms with Crippen molar-refractivity contribution in [1.29, 1.82) is 0 Å². The Labute approximate surface area is 156 Å². The molecule has 25 heavy (non-hydrogen) atoms. The lowest BCUT2D eigenvalue weighted by molar-refractivity contribution is 0.0706. The molecule has 0 amide bonds. The number of hydrogen-bond acceptors (Lipinski definition) is 4. The van der Waals surface area contributed by atoms with Crippen LogP contribution in [0.5, 0.6) is 0 Å². The van der Waals surface area contributed by atoms with Crippen LogP contribution in [0.15, 0.2) is 0 Å². The van der Waals surface area contributed by atoms with Crippen molar-refractivity contribution in [1.82, 2.24) is 0 Å². The minimum Gasteiger partial charge on any atom is -0.374 e. The fourth-order valence-corrected chi connectivity index (χ4v) is 6.92. The van der Waals surface area contributed by atoms with Crippen LogP contribution in [0.4, 0.5) is 0 Å². The average Bonchev–Trinajstić information content (AvgIpc) is 3.37. The number of ether oxygens (including phenoxy) is 1. The van der Waals surface area contributed by atoms with Crippen molar-refractivity contribution in [3.8, 4) is 0 Å². The zero-order valence-electron chi connectivity index (χ0n) is 16.8. The second-order valence-electron chi connectivity index (χ2n) is 7.53. The number of rotatable bonds is 15. The predicted octanol–water partition coefficient (Wildman–Crippen LogP) is 5.33. The van der Waals surface area contributed by atoms with Crippen LogP contribution in [0.25, 0.3) is 0 Å². The van der Waals surface area contributed by atoms with Gasteiger partial charge in [0.15, 0.2) is 0 Å². The summed E-state index contributed by atoms with van der Waals surface area (Å²) in [6, 6.07) is 0.965. The lowest BCUT2D eigenvalue weighted by Gasteiger charge is -2.28. The molecule has 4 nitrogen and oxygen atoms in total. The molecule has 2 rings (SSSR count). The number of fused-ring (bicyclic) bond motifs is 1. The minimum atomic E-state index is -2.41. The van der Waals surface area contributed by atoms with Gasteiger partial charge in [-0.2, -0.15) is 0 Å². The van der Waals surface area contributed by atoms with Crippen LogP contribution in [-0.4, -0.2) is 40.8 Å². The molecule has 0 aromatic rings. The van der Waals surface area contributed by atoms with Crippen LogP contribution in [-0.2, 0) is 18.0 Å². The van der Waals surface area contributed by atoms with Gasteiger partial charge < -0.3 is 18.0 Å². The molecular weight excluding hydrogens is 332 g/mol. The fourth-order valence-electron chi connectivity index (χ4n) is 4.23. The molecule has 0 aromatic carbocycles. The predicted molar refractivity (Wildman–Crippen MR) is 104 cm³/mol. The first kappa shape index (κ1) is 21.4. The van der Waals surface area contributed by atoms with Crippen LogP contribution in [0.2, 0.25) is 6.04 Å². The van der Waals surface area contributed by atoms with E-state index in [0.29, 0.717) is 32.0 Å². The van der Waals surface area contributed by atoms with Gasteiger partial charge in [-0.15, -0.1) is 0 Å². The molecule has 5 heteroatoms. The maximum Gasteiger partial charge on any atom is 0.500 e. The van der Waals surface area contributed by atoms with Crippen molar-refractivity contribution in [3.63, 3.8) is 0 Å². The van der Waals surface area contributed by atoms with Gasteiger partial charge in [-0.25, -0.2) is 0 Å². The van der Waals surface area contributed by atoms with E-state index in [2.05, 4.69) is 0 Å². The quantitative estimate of drug-likeness (QED) is 0.221. The van der Waals surface area contributed by atoms with Crippen LogP contribution < -0.4 is 0 Å². The van der Waals surface area contributed by atoms with Gasteiger partial charge >= 0.3 is 8.80 Å². The smallest absolute Gasteiger partial charge is 0.374 e. The summed E-state index contributed by atoms with van der Waals surface area (Å²) in [5, 5.41) is 0. The monoisotopic (exact) mass is 372 g/mol.